The van der Waals surface area contributed by atoms with E-state index in [-0.39, 0.29) is 16.6 Å². The van der Waals surface area contributed by atoms with Crippen LogP contribution in [-0.4, -0.2) is 64.3 Å². The molecule has 0 aliphatic carbocycles. The minimum atomic E-state index is -0.891. The van der Waals surface area contributed by atoms with Gasteiger partial charge in [-0.05, 0) is 47.5 Å². The highest BCUT2D eigenvalue weighted by Crippen LogP contribution is 2.19. The number of nitrogens with zero attached hydrogens (tertiary/aromatic N) is 2. The molecule has 6 nitrogen and oxygen atoms in total. The first-order valence-corrected chi connectivity index (χ1v) is 10.2. The van der Waals surface area contributed by atoms with Crippen molar-refractivity contribution in [3.8, 4) is 0 Å². The van der Waals surface area contributed by atoms with Crippen LogP contribution in [0.3, 0.4) is 0 Å². The molecule has 0 aromatic heterocycles. The van der Waals surface area contributed by atoms with Gasteiger partial charge in [0.05, 0.1) is 19.1 Å². The summed E-state index contributed by atoms with van der Waals surface area (Å²) < 4.78 is 17.0. The molecule has 24 heavy (non-hydrogen) atoms. The van der Waals surface area contributed by atoms with E-state index in [2.05, 4.69) is 15.2 Å². The van der Waals surface area contributed by atoms with Gasteiger partial charge in [-0.2, -0.15) is 0 Å². The van der Waals surface area contributed by atoms with E-state index in [1.807, 2.05) is 34.6 Å². The second-order valence-corrected chi connectivity index (χ2v) is 9.24. The SMILES string of the molecule is CCNC(=NCCS(=O)C(C)(C)C)N1CCC(C(=O)OCC)CC1. The molecule has 1 aliphatic rings. The lowest BCUT2D eigenvalue weighted by Gasteiger charge is -2.33. The third-order valence-electron chi connectivity index (χ3n) is 3.97. The second-order valence-electron chi connectivity index (χ2n) is 6.91. The maximum absolute atomic E-state index is 12.1. The Morgan fingerprint density at radius 3 is 2.42 bits per heavy atom. The largest absolute Gasteiger partial charge is 0.466 e. The van der Waals surface area contributed by atoms with Crippen molar-refractivity contribution in [3.05, 3.63) is 0 Å². The van der Waals surface area contributed by atoms with Crippen molar-refractivity contribution in [3.63, 3.8) is 0 Å². The number of likely N-dealkylation sites (tertiary alicyclic amines) is 1. The third-order valence-corrected chi connectivity index (χ3v) is 5.89. The van der Waals surface area contributed by atoms with E-state index < -0.39 is 10.8 Å². The molecule has 0 spiro atoms. The molecule has 0 aromatic carbocycles. The number of hydrogen-bond acceptors (Lipinski definition) is 4. The Kier molecular flexibility index (Phi) is 8.73. The predicted octanol–water partition coefficient (Wildman–Crippen LogP) is 1.77. The Balaban J connectivity index is 2.55. The molecule has 1 fully saturated rings. The summed E-state index contributed by atoms with van der Waals surface area (Å²) in [6, 6.07) is 0. The maximum Gasteiger partial charge on any atom is 0.309 e. The van der Waals surface area contributed by atoms with Gasteiger partial charge in [0.25, 0.3) is 0 Å². The molecule has 1 aliphatic heterocycles. The molecule has 1 atom stereocenters. The highest BCUT2D eigenvalue weighted by atomic mass is 32.2. The third kappa shape index (κ3) is 6.79. The molecule has 0 amide bonds. The molecule has 0 saturated carbocycles. The molecule has 140 valence electrons. The fourth-order valence-electron chi connectivity index (χ4n) is 2.55. The minimum absolute atomic E-state index is 0.00234. The van der Waals surface area contributed by atoms with Crippen LogP contribution >= 0.6 is 0 Å². The van der Waals surface area contributed by atoms with Crippen LogP contribution in [0.4, 0.5) is 0 Å². The highest BCUT2D eigenvalue weighted by molar-refractivity contribution is 7.86. The maximum atomic E-state index is 12.1. The number of piperidine rings is 1. The Labute approximate surface area is 148 Å². The summed E-state index contributed by atoms with van der Waals surface area (Å²) in [6.45, 7) is 13.2. The highest BCUT2D eigenvalue weighted by Gasteiger charge is 2.27. The van der Waals surface area contributed by atoms with Crippen molar-refractivity contribution >= 4 is 22.7 Å². The van der Waals surface area contributed by atoms with Gasteiger partial charge >= 0.3 is 5.97 Å². The average Bonchev–Trinajstić information content (AvgIpc) is 2.53. The number of carbonyl (C=O) groups excluding carboxylic acids is 1. The number of carbonyl (C=O) groups is 1. The van der Waals surface area contributed by atoms with Gasteiger partial charge in [0.1, 0.15) is 0 Å². The van der Waals surface area contributed by atoms with Crippen molar-refractivity contribution in [2.24, 2.45) is 10.9 Å². The number of rotatable bonds is 6. The van der Waals surface area contributed by atoms with Crippen LogP contribution in [0.1, 0.15) is 47.5 Å². The molecule has 0 radical (unpaired) electrons. The summed E-state index contributed by atoms with van der Waals surface area (Å²) in [5.74, 6) is 1.33. The van der Waals surface area contributed by atoms with Gasteiger partial charge in [0, 0.05) is 40.9 Å². The van der Waals surface area contributed by atoms with Crippen LogP contribution in [0.15, 0.2) is 4.99 Å². The normalized spacial score (nSPS) is 18.4. The number of ether oxygens (including phenoxy) is 1. The minimum Gasteiger partial charge on any atom is -0.466 e. The summed E-state index contributed by atoms with van der Waals surface area (Å²) in [7, 11) is -0.891. The van der Waals surface area contributed by atoms with E-state index in [0.717, 1.165) is 38.4 Å². The van der Waals surface area contributed by atoms with Gasteiger partial charge in [-0.25, -0.2) is 0 Å². The van der Waals surface area contributed by atoms with Gasteiger partial charge in [0.15, 0.2) is 5.96 Å². The van der Waals surface area contributed by atoms with Crippen molar-refractivity contribution in [2.75, 3.05) is 38.5 Å². The Morgan fingerprint density at radius 2 is 1.92 bits per heavy atom. The van der Waals surface area contributed by atoms with Gasteiger partial charge in [0.2, 0.25) is 0 Å². The average molecular weight is 360 g/mol. The van der Waals surface area contributed by atoms with Gasteiger partial charge < -0.3 is 15.0 Å². The van der Waals surface area contributed by atoms with E-state index in [1.165, 1.54) is 0 Å². The van der Waals surface area contributed by atoms with Crippen LogP contribution in [0.5, 0.6) is 0 Å². The molecule has 7 heteroatoms. The topological polar surface area (TPSA) is 71.0 Å². The van der Waals surface area contributed by atoms with Crippen LogP contribution in [0.25, 0.3) is 0 Å². The van der Waals surface area contributed by atoms with E-state index in [9.17, 15) is 9.00 Å². The molecular weight excluding hydrogens is 326 g/mol. The summed E-state index contributed by atoms with van der Waals surface area (Å²) in [4.78, 5) is 18.6. The summed E-state index contributed by atoms with van der Waals surface area (Å²) >= 11 is 0. The summed E-state index contributed by atoms with van der Waals surface area (Å²) in [5.41, 5.74) is 0. The Hall–Kier alpha value is -1.11. The van der Waals surface area contributed by atoms with E-state index >= 15 is 0 Å². The fourth-order valence-corrected chi connectivity index (χ4v) is 3.42. The number of hydrogen-bond donors (Lipinski definition) is 1. The quantitative estimate of drug-likeness (QED) is 0.445. The van der Waals surface area contributed by atoms with Crippen LogP contribution in [-0.2, 0) is 20.3 Å². The van der Waals surface area contributed by atoms with E-state index in [4.69, 9.17) is 4.74 Å². The number of guanidine groups is 1. The van der Waals surface area contributed by atoms with Crippen LogP contribution in [0.2, 0.25) is 0 Å². The second kappa shape index (κ2) is 10.0. The molecule has 0 bridgehead atoms. The van der Waals surface area contributed by atoms with Crippen LogP contribution in [0, 0.1) is 5.92 Å². The molecule has 1 saturated heterocycles. The number of esters is 1. The number of nitrogens with one attached hydrogen (secondary N) is 1. The molecule has 1 heterocycles. The Morgan fingerprint density at radius 1 is 1.29 bits per heavy atom. The van der Waals surface area contributed by atoms with Crippen LogP contribution < -0.4 is 5.32 Å². The Bertz CT molecular complexity index is 452. The standard InChI is InChI=1S/C17H33N3O3S/c1-6-18-16(19-10-13-24(22)17(3,4)5)20-11-8-14(9-12-20)15(21)23-7-2/h14H,6-13H2,1-5H3,(H,18,19). The summed E-state index contributed by atoms with van der Waals surface area (Å²) in [6.07, 6.45) is 1.58. The molecular formula is C17H33N3O3S. The smallest absolute Gasteiger partial charge is 0.309 e. The van der Waals surface area contributed by atoms with Crippen molar-refractivity contribution in [1.29, 1.82) is 0 Å². The molecule has 1 N–H and O–H groups in total. The first-order valence-electron chi connectivity index (χ1n) is 8.88. The summed E-state index contributed by atoms with van der Waals surface area (Å²) in [5, 5.41) is 3.29. The van der Waals surface area contributed by atoms with Gasteiger partial charge in [-0.15, -0.1) is 0 Å². The van der Waals surface area contributed by atoms with Crippen molar-refractivity contribution in [2.45, 2.75) is 52.2 Å². The zero-order chi connectivity index (χ0) is 18.2. The predicted molar refractivity (Wildman–Crippen MR) is 99.7 cm³/mol. The van der Waals surface area contributed by atoms with E-state index in [1.54, 1.807) is 0 Å². The van der Waals surface area contributed by atoms with Gasteiger partial charge in [-0.3, -0.25) is 14.0 Å². The zero-order valence-corrected chi connectivity index (χ0v) is 16.6. The van der Waals surface area contributed by atoms with Gasteiger partial charge in [-0.1, -0.05) is 0 Å². The lowest BCUT2D eigenvalue weighted by molar-refractivity contribution is -0.149. The van der Waals surface area contributed by atoms with E-state index in [0.29, 0.717) is 18.9 Å². The lowest BCUT2D eigenvalue weighted by atomic mass is 9.97. The first-order chi connectivity index (χ1) is 11.3. The van der Waals surface area contributed by atoms with Crippen molar-refractivity contribution in [1.82, 2.24) is 10.2 Å². The molecule has 1 rings (SSSR count). The molecule has 0 aromatic rings. The van der Waals surface area contributed by atoms with Crippen molar-refractivity contribution < 1.29 is 13.7 Å². The number of aliphatic imine (C=N–C) groups is 1. The first kappa shape index (κ1) is 20.9. The lowest BCUT2D eigenvalue weighted by Crippen LogP contribution is -2.47. The zero-order valence-electron chi connectivity index (χ0n) is 15.8. The molecule has 1 unspecified atom stereocenters. The monoisotopic (exact) mass is 359 g/mol. The fraction of sp³-hybridized carbons (Fsp3) is 0.882.